The van der Waals surface area contributed by atoms with Crippen molar-refractivity contribution in [3.63, 3.8) is 0 Å². The average Bonchev–Trinajstić information content (AvgIpc) is 2.91. The lowest BCUT2D eigenvalue weighted by Gasteiger charge is -2.62. The Balaban J connectivity index is 1.57. The monoisotopic (exact) mass is 362 g/mol. The molecule has 4 fully saturated rings. The van der Waals surface area contributed by atoms with Crippen molar-refractivity contribution in [3.05, 3.63) is 0 Å². The van der Waals surface area contributed by atoms with Gasteiger partial charge in [0, 0.05) is 30.2 Å². The van der Waals surface area contributed by atoms with Crippen LogP contribution in [0.4, 0.5) is 0 Å². The van der Waals surface area contributed by atoms with E-state index in [1.54, 1.807) is 0 Å². The van der Waals surface area contributed by atoms with Crippen LogP contribution in [0, 0.1) is 28.6 Å². The summed E-state index contributed by atoms with van der Waals surface area (Å²) >= 11 is 0. The number of hydrogen-bond donors (Lipinski definition) is 2. The first kappa shape index (κ1) is 18.4. The van der Waals surface area contributed by atoms with Crippen LogP contribution in [-0.4, -0.2) is 35.4 Å². The third-order valence-electron chi connectivity index (χ3n) is 8.75. The second-order valence-electron chi connectivity index (χ2n) is 9.74. The summed E-state index contributed by atoms with van der Waals surface area (Å²) in [5, 5.41) is 15.9. The normalized spacial score (nSPS) is 49.5. The number of Topliss-reactive ketones (excluding diaryl/α,β-unsaturated/α-hetero) is 1. The molecule has 0 aromatic rings. The molecular weight excluding hydrogens is 328 g/mol. The Hall–Kier alpha value is -0.940. The zero-order chi connectivity index (χ0) is 18.6. The van der Waals surface area contributed by atoms with Crippen molar-refractivity contribution in [2.24, 2.45) is 39.5 Å². The maximum Gasteiger partial charge on any atom is 0.139 e. The Morgan fingerprint density at radius 1 is 1.15 bits per heavy atom. The first-order valence-electron chi connectivity index (χ1n) is 10.5. The Kier molecular flexibility index (Phi) is 4.47. The van der Waals surface area contributed by atoms with Crippen molar-refractivity contribution in [3.8, 4) is 0 Å². The number of ketones is 1. The number of nitrogens with two attached hydrogens (primary N) is 1. The minimum absolute atomic E-state index is 0.0736. The molecule has 4 saturated carbocycles. The Morgan fingerprint density at radius 2 is 1.96 bits per heavy atom. The quantitative estimate of drug-likeness (QED) is 0.597. The molecule has 0 radical (unpaired) electrons. The van der Waals surface area contributed by atoms with Crippen molar-refractivity contribution in [2.75, 3.05) is 13.2 Å². The van der Waals surface area contributed by atoms with Gasteiger partial charge in [-0.2, -0.15) is 0 Å². The van der Waals surface area contributed by atoms with Crippen LogP contribution in [0.5, 0.6) is 0 Å². The Bertz CT molecular complexity index is 620. The molecule has 5 nitrogen and oxygen atoms in total. The molecule has 4 aliphatic carbocycles. The maximum atomic E-state index is 12.5. The fraction of sp³-hybridized carbons (Fsp3) is 0.905. The van der Waals surface area contributed by atoms with Gasteiger partial charge in [0.25, 0.3) is 0 Å². The van der Waals surface area contributed by atoms with Crippen molar-refractivity contribution in [1.82, 2.24) is 0 Å². The van der Waals surface area contributed by atoms with Crippen LogP contribution in [0.1, 0.15) is 71.6 Å². The number of fused-ring (bicyclic) bond motifs is 5. The van der Waals surface area contributed by atoms with E-state index in [0.717, 1.165) is 57.1 Å². The molecular formula is C21H34N2O3. The number of aliphatic hydroxyl groups is 1. The van der Waals surface area contributed by atoms with Crippen LogP contribution in [0.3, 0.4) is 0 Å². The molecule has 146 valence electrons. The standard InChI is InChI=1S/C21H34N2O3/c1-19-8-7-17-15(16(19)3-4-18(19)24)6-10-21(25)13-14(23-26-12-11-22)5-9-20(17,21)2/h15-17,25H,3-13,22H2,1-2H3/b23-14-/t15-,16-,17-,19-,20+,21+/m0/s1. The molecule has 0 heterocycles. The van der Waals surface area contributed by atoms with Gasteiger partial charge in [-0.3, -0.25) is 4.79 Å². The highest BCUT2D eigenvalue weighted by molar-refractivity contribution is 5.87. The maximum absolute atomic E-state index is 12.5. The van der Waals surface area contributed by atoms with E-state index in [1.807, 2.05) is 0 Å². The highest BCUT2D eigenvalue weighted by atomic mass is 16.6. The van der Waals surface area contributed by atoms with Crippen LogP contribution in [0.25, 0.3) is 0 Å². The number of oxime groups is 1. The van der Waals surface area contributed by atoms with E-state index in [0.29, 0.717) is 43.1 Å². The molecule has 0 unspecified atom stereocenters. The van der Waals surface area contributed by atoms with Crippen molar-refractivity contribution in [1.29, 1.82) is 0 Å². The molecule has 4 aliphatic rings. The number of rotatable bonds is 3. The lowest BCUT2D eigenvalue weighted by molar-refractivity contribution is -0.188. The molecule has 0 saturated heterocycles. The van der Waals surface area contributed by atoms with Gasteiger partial charge in [-0.15, -0.1) is 0 Å². The van der Waals surface area contributed by atoms with Crippen LogP contribution in [0.15, 0.2) is 5.16 Å². The minimum Gasteiger partial charge on any atom is -0.395 e. The lowest BCUT2D eigenvalue weighted by atomic mass is 9.43. The molecule has 0 spiro atoms. The van der Waals surface area contributed by atoms with Gasteiger partial charge < -0.3 is 15.7 Å². The third kappa shape index (κ3) is 2.50. The predicted octanol–water partition coefficient (Wildman–Crippen LogP) is 3.04. The highest BCUT2D eigenvalue weighted by Crippen LogP contribution is 2.66. The van der Waals surface area contributed by atoms with Gasteiger partial charge in [0.05, 0.1) is 11.3 Å². The van der Waals surface area contributed by atoms with Crippen LogP contribution < -0.4 is 5.73 Å². The molecule has 6 atom stereocenters. The van der Waals surface area contributed by atoms with Crippen molar-refractivity contribution >= 4 is 11.5 Å². The van der Waals surface area contributed by atoms with Gasteiger partial charge in [-0.05, 0) is 62.7 Å². The van der Waals surface area contributed by atoms with E-state index in [9.17, 15) is 9.90 Å². The van der Waals surface area contributed by atoms with E-state index < -0.39 is 5.60 Å². The van der Waals surface area contributed by atoms with Crippen molar-refractivity contribution < 1.29 is 14.7 Å². The molecule has 5 heteroatoms. The summed E-state index contributed by atoms with van der Waals surface area (Å²) in [4.78, 5) is 17.8. The number of nitrogens with zero attached hydrogens (tertiary/aromatic N) is 1. The van der Waals surface area contributed by atoms with Crippen LogP contribution in [-0.2, 0) is 9.63 Å². The second kappa shape index (κ2) is 6.30. The molecule has 0 aliphatic heterocycles. The summed E-state index contributed by atoms with van der Waals surface area (Å²) in [7, 11) is 0. The van der Waals surface area contributed by atoms with Gasteiger partial charge in [0.2, 0.25) is 0 Å². The molecule has 0 aromatic heterocycles. The third-order valence-corrected chi connectivity index (χ3v) is 8.75. The Morgan fingerprint density at radius 3 is 2.73 bits per heavy atom. The number of hydrogen-bond acceptors (Lipinski definition) is 5. The summed E-state index contributed by atoms with van der Waals surface area (Å²) in [5.41, 5.74) is 5.59. The van der Waals surface area contributed by atoms with Gasteiger partial charge in [0.15, 0.2) is 0 Å². The summed E-state index contributed by atoms with van der Waals surface area (Å²) in [5.74, 6) is 2.13. The molecule has 0 bridgehead atoms. The number of carbonyl (C=O) groups is 1. The summed E-state index contributed by atoms with van der Waals surface area (Å²) in [6.45, 7) is 5.41. The summed E-state index contributed by atoms with van der Waals surface area (Å²) in [6, 6.07) is 0. The smallest absolute Gasteiger partial charge is 0.139 e. The number of carbonyl (C=O) groups excluding carboxylic acids is 1. The van der Waals surface area contributed by atoms with Crippen LogP contribution >= 0.6 is 0 Å². The fourth-order valence-corrected chi connectivity index (χ4v) is 7.09. The van der Waals surface area contributed by atoms with E-state index in [1.165, 1.54) is 0 Å². The van der Waals surface area contributed by atoms with Gasteiger partial charge >= 0.3 is 0 Å². The molecule has 3 N–H and O–H groups in total. The fourth-order valence-electron chi connectivity index (χ4n) is 7.09. The topological polar surface area (TPSA) is 84.9 Å². The van der Waals surface area contributed by atoms with E-state index in [4.69, 9.17) is 10.6 Å². The van der Waals surface area contributed by atoms with Crippen molar-refractivity contribution in [2.45, 2.75) is 77.2 Å². The van der Waals surface area contributed by atoms with E-state index >= 15 is 0 Å². The SMILES string of the molecule is C[C@]12CC[C@H]3[C@@H](CC[C@@]4(O)C/C(=N\OCCN)CC[C@]34C)[C@@H]1CCC2=O. The van der Waals surface area contributed by atoms with Gasteiger partial charge in [0.1, 0.15) is 12.4 Å². The molecule has 26 heavy (non-hydrogen) atoms. The zero-order valence-electron chi connectivity index (χ0n) is 16.3. The van der Waals surface area contributed by atoms with E-state index in [2.05, 4.69) is 19.0 Å². The molecule has 4 rings (SSSR count). The van der Waals surface area contributed by atoms with Crippen LogP contribution in [0.2, 0.25) is 0 Å². The largest absolute Gasteiger partial charge is 0.395 e. The molecule has 0 amide bonds. The van der Waals surface area contributed by atoms with Gasteiger partial charge in [-0.1, -0.05) is 19.0 Å². The Labute approximate surface area is 156 Å². The van der Waals surface area contributed by atoms with Gasteiger partial charge in [-0.25, -0.2) is 0 Å². The first-order chi connectivity index (χ1) is 12.3. The van der Waals surface area contributed by atoms with E-state index in [-0.39, 0.29) is 10.8 Å². The predicted molar refractivity (Wildman–Crippen MR) is 101 cm³/mol. The average molecular weight is 363 g/mol. The molecule has 0 aromatic carbocycles. The summed E-state index contributed by atoms with van der Waals surface area (Å²) in [6.07, 6.45) is 8.26. The lowest BCUT2D eigenvalue weighted by Crippen LogP contribution is -2.62. The summed E-state index contributed by atoms with van der Waals surface area (Å²) < 4.78 is 0. The zero-order valence-corrected chi connectivity index (χ0v) is 16.3. The second-order valence-corrected chi connectivity index (χ2v) is 9.74. The minimum atomic E-state index is -0.687. The first-order valence-corrected chi connectivity index (χ1v) is 10.5. The highest BCUT2D eigenvalue weighted by Gasteiger charge is 2.64.